The molecule has 0 spiro atoms. The Hall–Kier alpha value is -2.17. The van der Waals surface area contributed by atoms with Crippen LogP contribution in [0, 0.1) is 0 Å². The van der Waals surface area contributed by atoms with E-state index in [1.165, 1.54) is 0 Å². The number of carbonyl (C=O) groups is 1. The van der Waals surface area contributed by atoms with Crippen molar-refractivity contribution in [2.24, 2.45) is 4.99 Å². The van der Waals surface area contributed by atoms with Gasteiger partial charge in [-0.1, -0.05) is 26.8 Å². The van der Waals surface area contributed by atoms with Gasteiger partial charge in [-0.25, -0.2) is 4.98 Å². The minimum absolute atomic E-state index is 0. The molecule has 160 valence electrons. The summed E-state index contributed by atoms with van der Waals surface area (Å²) in [6.45, 7) is 7.36. The summed E-state index contributed by atoms with van der Waals surface area (Å²) in [6.07, 6.45) is 4.22. The maximum Gasteiger partial charge on any atom is 0.241 e. The van der Waals surface area contributed by atoms with E-state index in [4.69, 9.17) is 4.42 Å². The maximum atomic E-state index is 12.3. The molecule has 0 aromatic carbocycles. The molecule has 2 aromatic heterocycles. The minimum atomic E-state index is -0.0859. The third-order valence-electron chi connectivity index (χ3n) is 4.19. The topological polar surface area (TPSA) is 95.7 Å². The van der Waals surface area contributed by atoms with Crippen molar-refractivity contribution in [2.75, 3.05) is 27.2 Å². The molecule has 0 saturated heterocycles. The van der Waals surface area contributed by atoms with Crippen molar-refractivity contribution < 1.29 is 9.21 Å². The molecule has 0 aliphatic carbocycles. The number of nitrogens with one attached hydrogen (secondary N) is 2. The fraction of sp³-hybridized carbons (Fsp3) is 0.500. The first kappa shape index (κ1) is 24.9. The Morgan fingerprint density at radius 2 is 2.00 bits per heavy atom. The van der Waals surface area contributed by atoms with Gasteiger partial charge < -0.3 is 20.0 Å². The van der Waals surface area contributed by atoms with Gasteiger partial charge in [-0.05, 0) is 12.1 Å². The average molecular weight is 514 g/mol. The number of oxazole rings is 1. The van der Waals surface area contributed by atoms with Crippen LogP contribution in [0.25, 0.3) is 0 Å². The minimum Gasteiger partial charge on any atom is -0.443 e. The van der Waals surface area contributed by atoms with Crippen LogP contribution in [-0.4, -0.2) is 53.9 Å². The lowest BCUT2D eigenvalue weighted by Gasteiger charge is -2.18. The van der Waals surface area contributed by atoms with Crippen LogP contribution in [0.3, 0.4) is 0 Å². The summed E-state index contributed by atoms with van der Waals surface area (Å²) >= 11 is 0. The zero-order valence-electron chi connectivity index (χ0n) is 17.7. The molecule has 29 heavy (non-hydrogen) atoms. The Morgan fingerprint density at radius 3 is 2.59 bits per heavy atom. The van der Waals surface area contributed by atoms with Crippen molar-refractivity contribution in [1.29, 1.82) is 0 Å². The van der Waals surface area contributed by atoms with Gasteiger partial charge in [0.2, 0.25) is 11.8 Å². The van der Waals surface area contributed by atoms with E-state index in [0.717, 1.165) is 17.9 Å². The van der Waals surface area contributed by atoms with Crippen LogP contribution in [0.2, 0.25) is 0 Å². The van der Waals surface area contributed by atoms with Crippen LogP contribution >= 0.6 is 24.0 Å². The maximum absolute atomic E-state index is 12.3. The summed E-state index contributed by atoms with van der Waals surface area (Å²) in [6, 6.07) is 5.78. The molecule has 0 aliphatic heterocycles. The average Bonchev–Trinajstić information content (AvgIpc) is 3.16. The number of pyridine rings is 1. The van der Waals surface area contributed by atoms with E-state index in [0.29, 0.717) is 24.9 Å². The first-order valence-electron chi connectivity index (χ1n) is 9.33. The predicted octanol–water partition coefficient (Wildman–Crippen LogP) is 2.35. The highest BCUT2D eigenvalue weighted by Gasteiger charge is 2.19. The van der Waals surface area contributed by atoms with Gasteiger partial charge in [-0.2, -0.15) is 0 Å². The van der Waals surface area contributed by atoms with E-state index < -0.39 is 0 Å². The van der Waals surface area contributed by atoms with E-state index in [1.54, 1.807) is 31.4 Å². The van der Waals surface area contributed by atoms with Crippen LogP contribution in [0.5, 0.6) is 0 Å². The number of nitrogens with zero attached hydrogens (tertiary/aromatic N) is 4. The van der Waals surface area contributed by atoms with E-state index in [9.17, 15) is 4.79 Å². The van der Waals surface area contributed by atoms with Gasteiger partial charge in [-0.15, -0.1) is 24.0 Å². The summed E-state index contributed by atoms with van der Waals surface area (Å²) in [5, 5.41) is 6.12. The lowest BCUT2D eigenvalue weighted by molar-refractivity contribution is -0.128. The normalized spacial score (nSPS) is 11.6. The molecular formula is C20H31IN6O2. The zero-order chi connectivity index (χ0) is 20.6. The predicted molar refractivity (Wildman–Crippen MR) is 124 cm³/mol. The van der Waals surface area contributed by atoms with E-state index in [1.807, 2.05) is 18.2 Å². The van der Waals surface area contributed by atoms with E-state index in [-0.39, 0.29) is 41.8 Å². The Bertz CT molecular complexity index is 786. The van der Waals surface area contributed by atoms with Crippen LogP contribution in [0.4, 0.5) is 0 Å². The number of hydrogen-bond acceptors (Lipinski definition) is 5. The van der Waals surface area contributed by atoms with Crippen molar-refractivity contribution in [3.05, 3.63) is 47.9 Å². The fourth-order valence-corrected chi connectivity index (χ4v) is 2.37. The van der Waals surface area contributed by atoms with Crippen molar-refractivity contribution in [3.63, 3.8) is 0 Å². The summed E-state index contributed by atoms with van der Waals surface area (Å²) < 4.78 is 5.74. The van der Waals surface area contributed by atoms with E-state index >= 15 is 0 Å². The van der Waals surface area contributed by atoms with Gasteiger partial charge in [0.05, 0.1) is 19.3 Å². The Balaban J connectivity index is 0.00000420. The molecule has 0 saturated carbocycles. The highest BCUT2D eigenvalue weighted by Crippen LogP contribution is 2.22. The second kappa shape index (κ2) is 11.7. The molecule has 0 fully saturated rings. The van der Waals surface area contributed by atoms with Gasteiger partial charge in [0.15, 0.2) is 5.96 Å². The summed E-state index contributed by atoms with van der Waals surface area (Å²) in [5.74, 6) is 1.90. The molecule has 8 nitrogen and oxygen atoms in total. The summed E-state index contributed by atoms with van der Waals surface area (Å²) in [5.41, 5.74) is 0.880. The number of guanidine groups is 1. The number of aliphatic imine (C=N–C) groups is 1. The number of hydrogen-bond donors (Lipinski definition) is 2. The molecule has 2 aromatic rings. The molecule has 0 atom stereocenters. The lowest BCUT2D eigenvalue weighted by atomic mass is 9.94. The highest BCUT2D eigenvalue weighted by molar-refractivity contribution is 14.0. The number of rotatable bonds is 7. The molecule has 2 rings (SSSR count). The third kappa shape index (κ3) is 8.38. The van der Waals surface area contributed by atoms with Gasteiger partial charge >= 0.3 is 0 Å². The second-order valence-electron chi connectivity index (χ2n) is 7.53. The molecule has 1 amide bonds. The number of carbonyl (C=O) groups excluding carboxylic acids is 1. The first-order chi connectivity index (χ1) is 13.3. The van der Waals surface area contributed by atoms with Crippen molar-refractivity contribution in [1.82, 2.24) is 25.5 Å². The monoisotopic (exact) mass is 514 g/mol. The zero-order valence-corrected chi connectivity index (χ0v) is 20.1. The standard InChI is InChI=1S/C20H30N6O2.HI/c1-20(2,3)16-12-23-17(28-16)13-24-19(21-4)25-14-18(27)26(5)11-9-15-8-6-7-10-22-15;/h6-8,10,12H,9,11,13-14H2,1-5H3,(H2,21,24,25);1H. The number of likely N-dealkylation sites (N-methyl/N-ethyl adjacent to an activating group) is 1. The Morgan fingerprint density at radius 1 is 1.24 bits per heavy atom. The van der Waals surface area contributed by atoms with Crippen LogP contribution in [-0.2, 0) is 23.2 Å². The third-order valence-corrected chi connectivity index (χ3v) is 4.19. The van der Waals surface area contributed by atoms with Gasteiger partial charge in [0, 0.05) is 44.4 Å². The van der Waals surface area contributed by atoms with Gasteiger partial charge in [0.25, 0.3) is 0 Å². The number of amides is 1. The first-order valence-corrected chi connectivity index (χ1v) is 9.33. The molecule has 2 N–H and O–H groups in total. The quantitative estimate of drug-likeness (QED) is 0.335. The highest BCUT2D eigenvalue weighted by atomic mass is 127. The van der Waals surface area contributed by atoms with Crippen LogP contribution < -0.4 is 10.6 Å². The second-order valence-corrected chi connectivity index (χ2v) is 7.53. The SMILES string of the molecule is CN=C(NCC(=O)N(C)CCc1ccccn1)NCc1ncc(C(C)(C)C)o1.I. The largest absolute Gasteiger partial charge is 0.443 e. The van der Waals surface area contributed by atoms with Crippen molar-refractivity contribution in [2.45, 2.75) is 39.2 Å². The molecule has 0 radical (unpaired) electrons. The van der Waals surface area contributed by atoms with Crippen LogP contribution in [0.1, 0.15) is 38.1 Å². The Kier molecular flexibility index (Phi) is 10.1. The van der Waals surface area contributed by atoms with E-state index in [2.05, 4.69) is 46.4 Å². The van der Waals surface area contributed by atoms with Gasteiger partial charge in [0.1, 0.15) is 5.76 Å². The number of halogens is 1. The van der Waals surface area contributed by atoms with Crippen molar-refractivity contribution >= 4 is 35.8 Å². The molecule has 0 unspecified atom stereocenters. The molecule has 0 bridgehead atoms. The van der Waals surface area contributed by atoms with Crippen LogP contribution in [0.15, 0.2) is 40.0 Å². The fourth-order valence-electron chi connectivity index (χ4n) is 2.37. The molecule has 9 heteroatoms. The molecule has 2 heterocycles. The molecule has 0 aliphatic rings. The van der Waals surface area contributed by atoms with Gasteiger partial charge in [-0.3, -0.25) is 14.8 Å². The smallest absolute Gasteiger partial charge is 0.241 e. The van der Waals surface area contributed by atoms with Crippen molar-refractivity contribution in [3.8, 4) is 0 Å². The lowest BCUT2D eigenvalue weighted by Crippen LogP contribution is -2.43. The summed E-state index contributed by atoms with van der Waals surface area (Å²) in [7, 11) is 3.44. The Labute approximate surface area is 189 Å². The number of aromatic nitrogens is 2. The summed E-state index contributed by atoms with van der Waals surface area (Å²) in [4.78, 5) is 26.7. The molecular weight excluding hydrogens is 483 g/mol.